The summed E-state index contributed by atoms with van der Waals surface area (Å²) in [7, 11) is 0. The van der Waals surface area contributed by atoms with Gasteiger partial charge in [0.05, 0.1) is 5.52 Å². The van der Waals surface area contributed by atoms with E-state index in [-0.39, 0.29) is 41.7 Å². The van der Waals surface area contributed by atoms with Crippen LogP contribution in [0.2, 0.25) is 0 Å². The first-order chi connectivity index (χ1) is 18.3. The zero-order chi connectivity index (χ0) is 27.3. The second-order valence-corrected chi connectivity index (χ2v) is 8.08. The van der Waals surface area contributed by atoms with Gasteiger partial charge in [-0.2, -0.15) is 4.98 Å². The molecule has 3 N–H and O–H groups in total. The number of amides is 2. The molecule has 1 heterocycles. The molecule has 11 nitrogen and oxygen atoms in total. The summed E-state index contributed by atoms with van der Waals surface area (Å²) in [6, 6.07) is 5.15. The summed E-state index contributed by atoms with van der Waals surface area (Å²) in [5.74, 6) is -2.97. The second kappa shape index (κ2) is 16.7. The van der Waals surface area contributed by atoms with E-state index in [0.29, 0.717) is 17.4 Å². The van der Waals surface area contributed by atoms with E-state index in [1.807, 2.05) is 57.8 Å². The summed E-state index contributed by atoms with van der Waals surface area (Å²) in [5.41, 5.74) is 1.12. The van der Waals surface area contributed by atoms with Crippen LogP contribution in [-0.4, -0.2) is 40.3 Å². The molecule has 0 bridgehead atoms. The van der Waals surface area contributed by atoms with E-state index >= 15 is 0 Å². The quantitative estimate of drug-likeness (QED) is 0.323. The Bertz CT molecular complexity index is 1130. The fourth-order valence-corrected chi connectivity index (χ4v) is 3.26. The van der Waals surface area contributed by atoms with Crippen molar-refractivity contribution in [3.63, 3.8) is 0 Å². The van der Waals surface area contributed by atoms with Crippen LogP contribution >= 0.6 is 0 Å². The standard InChI is InChI=1S/C22H22N5O6.C5H5.Fe/c28-17(7-9-19(30)31)25-21-15-11-14(23-12-13-3-1-2-4-13)5-6-16(15)24-22(27-21)26-18(29)8-10-20(32)33;1-2-4-5-3-1;/h1-6,11,23H,7-10,12H2,(H,30,31)(H,32,33)(H2,24,25,26,27,28,29);1-5H;/q;;+2/p-2. The molecule has 2 fully saturated rings. The number of carbonyl (C=O) groups excluding carboxylic acids is 4. The predicted molar refractivity (Wildman–Crippen MR) is 136 cm³/mol. The third-order valence-electron chi connectivity index (χ3n) is 5.10. The Morgan fingerprint density at radius 2 is 1.28 bits per heavy atom. The van der Waals surface area contributed by atoms with E-state index in [1.165, 1.54) is 0 Å². The van der Waals surface area contributed by atoms with E-state index in [4.69, 9.17) is 0 Å². The molecule has 0 unspecified atom stereocenters. The van der Waals surface area contributed by atoms with Crippen LogP contribution in [0.15, 0.2) is 18.2 Å². The molecule has 0 spiro atoms. The zero-order valence-electron chi connectivity index (χ0n) is 20.7. The smallest absolute Gasteiger partial charge is 0.550 e. The number of aliphatic carboxylic acids is 2. The number of rotatable bonds is 11. The van der Waals surface area contributed by atoms with Crippen LogP contribution in [0, 0.1) is 63.7 Å². The van der Waals surface area contributed by atoms with Gasteiger partial charge in [0.2, 0.25) is 17.8 Å². The summed E-state index contributed by atoms with van der Waals surface area (Å²) in [5, 5.41) is 29.8. The number of aromatic nitrogens is 2. The number of benzene rings is 1. The monoisotopic (exact) mass is 571 g/mol. The summed E-state index contributed by atoms with van der Waals surface area (Å²) >= 11 is 0. The van der Waals surface area contributed by atoms with Crippen LogP contribution in [-0.2, 0) is 36.2 Å². The molecular weight excluding hydrogens is 546 g/mol. The van der Waals surface area contributed by atoms with Gasteiger partial charge in [-0.15, -0.1) is 0 Å². The van der Waals surface area contributed by atoms with Gasteiger partial charge in [0.1, 0.15) is 5.82 Å². The molecule has 2 saturated carbocycles. The molecule has 1 aromatic heterocycles. The molecule has 4 rings (SSSR count). The molecule has 0 saturated heterocycles. The van der Waals surface area contributed by atoms with Crippen molar-refractivity contribution < 1.29 is 46.5 Å². The van der Waals surface area contributed by atoms with Crippen LogP contribution in [0.1, 0.15) is 25.7 Å². The number of carboxylic acids is 2. The Balaban J connectivity index is 0.000000797. The van der Waals surface area contributed by atoms with Crippen LogP contribution in [0.5, 0.6) is 0 Å². The van der Waals surface area contributed by atoms with Gasteiger partial charge in [0, 0.05) is 48.3 Å². The third-order valence-corrected chi connectivity index (χ3v) is 5.10. The summed E-state index contributed by atoms with van der Waals surface area (Å²) < 4.78 is 0. The van der Waals surface area contributed by atoms with Crippen LogP contribution in [0.3, 0.4) is 0 Å². The fraction of sp³-hybridized carbons (Fsp3) is 0.185. The van der Waals surface area contributed by atoms with Gasteiger partial charge >= 0.3 is 17.1 Å². The van der Waals surface area contributed by atoms with Crippen molar-refractivity contribution in [2.75, 3.05) is 22.5 Å². The van der Waals surface area contributed by atoms with E-state index in [0.717, 1.165) is 11.6 Å². The van der Waals surface area contributed by atoms with Gasteiger partial charge in [-0.1, -0.05) is 0 Å². The molecule has 39 heavy (non-hydrogen) atoms. The molecule has 2 aliphatic rings. The molecule has 10 radical (unpaired) electrons. The fourth-order valence-electron chi connectivity index (χ4n) is 3.26. The van der Waals surface area contributed by atoms with Gasteiger partial charge in [0.15, 0.2) is 0 Å². The molecular formula is C27H25FeN5O6. The second-order valence-electron chi connectivity index (χ2n) is 8.08. The number of nitrogens with one attached hydrogen (secondary N) is 3. The maximum atomic E-state index is 12.2. The van der Waals surface area contributed by atoms with Gasteiger partial charge in [-0.3, -0.25) is 14.9 Å². The number of hydrogen-bond donors (Lipinski definition) is 3. The van der Waals surface area contributed by atoms with E-state index in [1.54, 1.807) is 18.2 Å². The van der Waals surface area contributed by atoms with Gasteiger partial charge in [-0.05, 0) is 88.8 Å². The molecule has 0 atom stereocenters. The van der Waals surface area contributed by atoms with Crippen molar-refractivity contribution in [2.24, 2.45) is 0 Å². The predicted octanol–water partition coefficient (Wildman–Crippen LogP) is 0.403. The average molecular weight is 571 g/mol. The van der Waals surface area contributed by atoms with E-state index in [9.17, 15) is 29.4 Å². The average Bonchev–Trinajstić information content (AvgIpc) is 3.62. The topological polar surface area (TPSA) is 176 Å². The number of fused-ring (bicyclic) bond motifs is 1. The molecule has 1 aromatic carbocycles. The Kier molecular flexibility index (Phi) is 13.7. The van der Waals surface area contributed by atoms with Gasteiger partial charge in [0.25, 0.3) is 0 Å². The van der Waals surface area contributed by atoms with Crippen molar-refractivity contribution >= 4 is 52.1 Å². The van der Waals surface area contributed by atoms with Crippen molar-refractivity contribution in [3.05, 3.63) is 81.9 Å². The first kappa shape index (κ1) is 32.0. The summed E-state index contributed by atoms with van der Waals surface area (Å²) in [6.45, 7) is 0.569. The SMILES string of the molecule is O=C([O-])CCC(=O)Nc1nc(NC(=O)CCC(=O)[O-])c2cc(NC[C]3[CH][CH][CH][CH]3)ccc2n1.[CH]1[CH][CH][CH][CH]1.[Fe+2]. The van der Waals surface area contributed by atoms with Crippen LogP contribution in [0.4, 0.5) is 17.5 Å². The number of carboxylic acid groups (broad SMARTS) is 2. The normalized spacial score (nSPS) is 14.6. The van der Waals surface area contributed by atoms with Crippen LogP contribution in [0.25, 0.3) is 10.9 Å². The van der Waals surface area contributed by atoms with Crippen molar-refractivity contribution in [3.8, 4) is 0 Å². The number of hydrogen-bond acceptors (Lipinski definition) is 9. The minimum Gasteiger partial charge on any atom is -0.550 e. The first-order valence-corrected chi connectivity index (χ1v) is 11.7. The number of nitrogens with zero attached hydrogens (tertiary/aromatic N) is 2. The number of carbonyl (C=O) groups is 4. The first-order valence-electron chi connectivity index (χ1n) is 11.7. The van der Waals surface area contributed by atoms with Crippen molar-refractivity contribution in [1.82, 2.24) is 9.97 Å². The van der Waals surface area contributed by atoms with Gasteiger partial charge in [-0.25, -0.2) is 4.98 Å². The minimum absolute atomic E-state index is 0. The molecule has 0 aliphatic heterocycles. The molecule has 2 aliphatic carbocycles. The zero-order valence-corrected chi connectivity index (χ0v) is 21.8. The van der Waals surface area contributed by atoms with Gasteiger partial charge < -0.3 is 30.4 Å². The Labute approximate surface area is 238 Å². The summed E-state index contributed by atoms with van der Waals surface area (Å²) in [4.78, 5) is 53.8. The largest absolute Gasteiger partial charge is 2.00 e. The molecule has 2 amide bonds. The van der Waals surface area contributed by atoms with Crippen LogP contribution < -0.4 is 26.2 Å². The summed E-state index contributed by atoms with van der Waals surface area (Å²) in [6.07, 6.45) is 16.2. The third kappa shape index (κ3) is 11.6. The van der Waals surface area contributed by atoms with E-state index < -0.39 is 36.6 Å². The van der Waals surface area contributed by atoms with Crippen molar-refractivity contribution in [1.29, 1.82) is 0 Å². The van der Waals surface area contributed by atoms with Crippen molar-refractivity contribution in [2.45, 2.75) is 25.7 Å². The Morgan fingerprint density at radius 1 is 0.718 bits per heavy atom. The maximum absolute atomic E-state index is 12.2. The Hall–Kier alpha value is -3.24. The minimum atomic E-state index is -1.37. The molecule has 12 heteroatoms. The molecule has 202 valence electrons. The number of anilines is 3. The maximum Gasteiger partial charge on any atom is 2.00 e. The Morgan fingerprint density at radius 3 is 1.85 bits per heavy atom. The van der Waals surface area contributed by atoms with E-state index in [2.05, 4.69) is 25.9 Å². The molecule has 2 aromatic rings.